The largest absolute Gasteiger partial charge is 0.484 e. The van der Waals surface area contributed by atoms with Gasteiger partial charge in [0.1, 0.15) is 0 Å². The Balaban J connectivity index is 2.97. The van der Waals surface area contributed by atoms with Crippen LogP contribution in [0.2, 0.25) is 0 Å². The third kappa shape index (κ3) is 2.75. The van der Waals surface area contributed by atoms with E-state index in [1.54, 1.807) is 0 Å². The molecule has 1 aromatic heterocycles. The molecule has 1 aromatic rings. The van der Waals surface area contributed by atoms with Crippen molar-refractivity contribution in [2.75, 3.05) is 17.7 Å². The van der Waals surface area contributed by atoms with Gasteiger partial charge in [0.15, 0.2) is 16.6 Å². The summed E-state index contributed by atoms with van der Waals surface area (Å²) < 4.78 is 9.79. The molecule has 0 aliphatic rings. The average Bonchev–Trinajstić information content (AvgIpc) is 2.46. The van der Waals surface area contributed by atoms with Gasteiger partial charge < -0.3 is 15.4 Å². The van der Waals surface area contributed by atoms with Crippen LogP contribution in [0.3, 0.4) is 0 Å². The van der Waals surface area contributed by atoms with Crippen LogP contribution in [0.25, 0.3) is 0 Å². The molecule has 2 N–H and O–H groups in total. The second-order valence-corrected chi connectivity index (χ2v) is 4.83. The van der Waals surface area contributed by atoms with E-state index < -0.39 is 0 Å². The van der Waals surface area contributed by atoms with Gasteiger partial charge in [-0.25, -0.2) is 0 Å². The number of nitrogen functional groups attached to an aromatic ring is 1. The van der Waals surface area contributed by atoms with Crippen molar-refractivity contribution in [2.24, 2.45) is 0 Å². The maximum atomic E-state index is 5.78. The molecule has 1 heterocycles. The molecule has 0 unspecified atom stereocenters. The van der Waals surface area contributed by atoms with Crippen molar-refractivity contribution < 1.29 is 4.74 Å². The molecule has 0 aliphatic carbocycles. The zero-order valence-corrected chi connectivity index (χ0v) is 10.8. The minimum absolute atomic E-state index is 0.114. The van der Waals surface area contributed by atoms with Crippen LogP contribution in [-0.2, 0) is 0 Å². The summed E-state index contributed by atoms with van der Waals surface area (Å²) in [4.78, 5) is 2.12. The Bertz CT molecular complexity index is 322. The van der Waals surface area contributed by atoms with E-state index in [0.29, 0.717) is 17.6 Å². The van der Waals surface area contributed by atoms with Crippen LogP contribution >= 0.6 is 11.5 Å². The van der Waals surface area contributed by atoms with Crippen molar-refractivity contribution in [2.45, 2.75) is 39.8 Å². The molecule has 0 atom stereocenters. The van der Waals surface area contributed by atoms with Crippen molar-refractivity contribution in [1.29, 1.82) is 0 Å². The van der Waals surface area contributed by atoms with Gasteiger partial charge in [-0.2, -0.15) is 4.37 Å². The molecular formula is C10H19N3OS. The SMILES string of the molecule is CC(C)Oc1c(N)nsc1N(C)C(C)C. The first-order valence-electron chi connectivity index (χ1n) is 5.08. The molecule has 0 saturated heterocycles. The Morgan fingerprint density at radius 2 is 1.93 bits per heavy atom. The Morgan fingerprint density at radius 3 is 2.40 bits per heavy atom. The van der Waals surface area contributed by atoms with Crippen LogP contribution in [0.4, 0.5) is 10.8 Å². The Kier molecular flexibility index (Phi) is 3.79. The van der Waals surface area contributed by atoms with Gasteiger partial charge in [-0.05, 0) is 39.2 Å². The Labute approximate surface area is 95.2 Å². The van der Waals surface area contributed by atoms with E-state index in [4.69, 9.17) is 10.5 Å². The molecule has 0 spiro atoms. The lowest BCUT2D eigenvalue weighted by molar-refractivity contribution is 0.244. The summed E-state index contributed by atoms with van der Waals surface area (Å²) in [5, 5.41) is 0.996. The van der Waals surface area contributed by atoms with Gasteiger partial charge in [-0.1, -0.05) is 0 Å². The number of rotatable bonds is 4. The number of ether oxygens (including phenoxy) is 1. The molecular weight excluding hydrogens is 210 g/mol. The molecule has 0 bridgehead atoms. The second kappa shape index (κ2) is 4.70. The molecule has 0 fully saturated rings. The van der Waals surface area contributed by atoms with E-state index in [-0.39, 0.29) is 6.10 Å². The standard InChI is InChI=1S/C10H19N3OS/c1-6(2)13(5)10-8(14-7(3)4)9(11)12-15-10/h6-7H,1-5H3,(H2,11,12). The number of nitrogens with two attached hydrogens (primary N) is 1. The predicted molar refractivity (Wildman–Crippen MR) is 65.8 cm³/mol. The normalized spacial score (nSPS) is 11.1. The van der Waals surface area contributed by atoms with Crippen LogP contribution < -0.4 is 15.4 Å². The van der Waals surface area contributed by atoms with E-state index >= 15 is 0 Å². The van der Waals surface area contributed by atoms with E-state index in [0.717, 1.165) is 5.00 Å². The maximum Gasteiger partial charge on any atom is 0.198 e. The molecule has 0 aromatic carbocycles. The highest BCUT2D eigenvalue weighted by atomic mass is 32.1. The summed E-state index contributed by atoms with van der Waals surface area (Å²) in [6.45, 7) is 8.21. The molecule has 0 aliphatic heterocycles. The highest BCUT2D eigenvalue weighted by Crippen LogP contribution is 2.38. The Hall–Kier alpha value is -0.970. The van der Waals surface area contributed by atoms with Crippen LogP contribution in [0, 0.1) is 0 Å². The van der Waals surface area contributed by atoms with Gasteiger partial charge in [-0.15, -0.1) is 0 Å². The van der Waals surface area contributed by atoms with Gasteiger partial charge in [0, 0.05) is 13.1 Å². The number of hydrogen-bond donors (Lipinski definition) is 1. The van der Waals surface area contributed by atoms with E-state index in [1.807, 2.05) is 20.9 Å². The van der Waals surface area contributed by atoms with Gasteiger partial charge in [0.2, 0.25) is 0 Å². The van der Waals surface area contributed by atoms with E-state index in [9.17, 15) is 0 Å². The van der Waals surface area contributed by atoms with Crippen molar-refractivity contribution in [3.8, 4) is 5.75 Å². The third-order valence-corrected chi connectivity index (χ3v) is 3.04. The van der Waals surface area contributed by atoms with Crippen molar-refractivity contribution in [3.05, 3.63) is 0 Å². The Morgan fingerprint density at radius 1 is 1.33 bits per heavy atom. The lowest BCUT2D eigenvalue weighted by Crippen LogP contribution is -2.25. The fraction of sp³-hybridized carbons (Fsp3) is 0.700. The molecule has 0 amide bonds. The summed E-state index contributed by atoms with van der Waals surface area (Å²) in [6.07, 6.45) is 0.114. The summed E-state index contributed by atoms with van der Waals surface area (Å²) in [7, 11) is 2.02. The molecule has 4 nitrogen and oxygen atoms in total. The summed E-state index contributed by atoms with van der Waals surface area (Å²) in [5.74, 6) is 1.20. The van der Waals surface area contributed by atoms with Crippen LogP contribution in [-0.4, -0.2) is 23.6 Å². The van der Waals surface area contributed by atoms with Gasteiger partial charge in [0.25, 0.3) is 0 Å². The van der Waals surface area contributed by atoms with E-state index in [2.05, 4.69) is 23.1 Å². The highest BCUT2D eigenvalue weighted by Gasteiger charge is 2.19. The second-order valence-electron chi connectivity index (χ2n) is 4.07. The lowest BCUT2D eigenvalue weighted by atomic mass is 10.3. The summed E-state index contributed by atoms with van der Waals surface area (Å²) in [5.41, 5.74) is 5.78. The fourth-order valence-electron chi connectivity index (χ4n) is 1.09. The topological polar surface area (TPSA) is 51.4 Å². The fourth-order valence-corrected chi connectivity index (χ4v) is 1.93. The highest BCUT2D eigenvalue weighted by molar-refractivity contribution is 7.11. The monoisotopic (exact) mass is 229 g/mol. The number of hydrogen-bond acceptors (Lipinski definition) is 5. The molecule has 86 valence electrons. The van der Waals surface area contributed by atoms with Gasteiger partial charge >= 0.3 is 0 Å². The van der Waals surface area contributed by atoms with Crippen molar-refractivity contribution >= 4 is 22.4 Å². The van der Waals surface area contributed by atoms with Crippen LogP contribution in [0.5, 0.6) is 5.75 Å². The zero-order valence-electron chi connectivity index (χ0n) is 9.94. The first-order chi connectivity index (χ1) is 6.93. The molecule has 15 heavy (non-hydrogen) atoms. The number of aromatic nitrogens is 1. The summed E-state index contributed by atoms with van der Waals surface area (Å²) >= 11 is 1.38. The summed E-state index contributed by atoms with van der Waals surface area (Å²) in [6, 6.07) is 0.402. The van der Waals surface area contributed by atoms with Crippen LogP contribution in [0.1, 0.15) is 27.7 Å². The van der Waals surface area contributed by atoms with Crippen LogP contribution in [0.15, 0.2) is 0 Å². The number of nitrogens with zero attached hydrogens (tertiary/aromatic N) is 2. The number of anilines is 2. The molecule has 1 rings (SSSR count). The lowest BCUT2D eigenvalue weighted by Gasteiger charge is -2.23. The van der Waals surface area contributed by atoms with Crippen molar-refractivity contribution in [3.63, 3.8) is 0 Å². The zero-order chi connectivity index (χ0) is 11.6. The molecule has 0 saturated carbocycles. The first-order valence-corrected chi connectivity index (χ1v) is 5.85. The molecule has 5 heteroatoms. The molecule has 0 radical (unpaired) electrons. The maximum absolute atomic E-state index is 5.78. The van der Waals surface area contributed by atoms with E-state index in [1.165, 1.54) is 11.5 Å². The van der Waals surface area contributed by atoms with Gasteiger partial charge in [0.05, 0.1) is 6.10 Å². The third-order valence-electron chi connectivity index (χ3n) is 2.11. The first kappa shape index (κ1) is 12.1. The predicted octanol–water partition coefficient (Wildman–Crippen LogP) is 2.36. The minimum atomic E-state index is 0.114. The van der Waals surface area contributed by atoms with Crippen molar-refractivity contribution in [1.82, 2.24) is 4.37 Å². The quantitative estimate of drug-likeness (QED) is 0.861. The average molecular weight is 229 g/mol. The smallest absolute Gasteiger partial charge is 0.198 e. The van der Waals surface area contributed by atoms with Gasteiger partial charge in [-0.3, -0.25) is 0 Å². The minimum Gasteiger partial charge on any atom is -0.484 e.